The topological polar surface area (TPSA) is 56.7 Å². The Kier molecular flexibility index (Phi) is 8.32. The summed E-state index contributed by atoms with van der Waals surface area (Å²) in [6.45, 7) is 6.80. The normalized spacial score (nSPS) is 12.3. The number of hydrogen-bond acceptors (Lipinski definition) is 6. The fourth-order valence-corrected chi connectivity index (χ4v) is 12.7. The van der Waals surface area contributed by atoms with E-state index in [0.717, 1.165) is 64.9 Å². The zero-order valence-corrected chi connectivity index (χ0v) is 37.8. The van der Waals surface area contributed by atoms with Gasteiger partial charge in [-0.25, -0.2) is 15.0 Å². The van der Waals surface area contributed by atoms with Gasteiger partial charge in [0.1, 0.15) is 11.2 Å². The Hall–Kier alpha value is -8.23. The van der Waals surface area contributed by atoms with Crippen molar-refractivity contribution >= 4 is 130 Å². The van der Waals surface area contributed by atoms with Gasteiger partial charge in [0.2, 0.25) is 0 Å². The number of para-hydroxylation sites is 1. The van der Waals surface area contributed by atoms with Crippen LogP contribution in [0.3, 0.4) is 0 Å². The molecule has 0 saturated heterocycles. The second-order valence-electron chi connectivity index (χ2n) is 17.1. The standard InChI is InChI=1S/C60H36N4OS2/c1-3-15-41-39-20-9-12-26-51(39)66-56(41)34(2)58-61-59(63-60(62-58)45-24-14-23-42-40-21-10-13-27-52(40)67-57(42)45)44-29-31-48(54-43-22-8-11-25-50(43)65-55(44)54)64-47-30-28-35-16-6-7-19-38(35)53(47)46-32-36-17-4-5-18-37(36)33-49(46)64/h3-33H,2H2,1H3/b15-3-. The zero-order chi connectivity index (χ0) is 44.3. The highest BCUT2D eigenvalue weighted by Gasteiger charge is 2.26. The van der Waals surface area contributed by atoms with Crippen molar-refractivity contribution in [2.75, 3.05) is 0 Å². The number of nitrogens with zero attached hydrogens (tertiary/aromatic N) is 4. The van der Waals surface area contributed by atoms with Gasteiger partial charge in [-0.1, -0.05) is 140 Å². The highest BCUT2D eigenvalue weighted by atomic mass is 32.1. The monoisotopic (exact) mass is 892 g/mol. The highest BCUT2D eigenvalue weighted by Crippen LogP contribution is 2.46. The second kappa shape index (κ2) is 14.6. The van der Waals surface area contributed by atoms with Crippen molar-refractivity contribution in [2.24, 2.45) is 0 Å². The molecule has 0 aliphatic rings. The first-order valence-corrected chi connectivity index (χ1v) is 24.0. The SMILES string of the molecule is C=C(c1nc(-c2ccc(-n3c4cc5ccccc5cc4c4c5ccccc5ccc43)c3c2oc2ccccc23)nc(-c2cccc3c2sc2ccccc23)n1)c1sc2ccccc2c1/C=C\C. The number of hydrogen-bond donors (Lipinski definition) is 0. The van der Waals surface area contributed by atoms with Gasteiger partial charge in [0.25, 0.3) is 0 Å². The van der Waals surface area contributed by atoms with Crippen LogP contribution in [-0.4, -0.2) is 19.5 Å². The average Bonchev–Trinajstić information content (AvgIpc) is 4.14. The minimum atomic E-state index is 0.516. The number of fused-ring (bicyclic) bond motifs is 13. The highest BCUT2D eigenvalue weighted by molar-refractivity contribution is 7.26. The van der Waals surface area contributed by atoms with Crippen molar-refractivity contribution in [1.82, 2.24) is 19.5 Å². The van der Waals surface area contributed by atoms with Gasteiger partial charge in [-0.15, -0.1) is 22.7 Å². The molecule has 5 nitrogen and oxygen atoms in total. The molecule has 0 fully saturated rings. The van der Waals surface area contributed by atoms with Crippen molar-refractivity contribution in [3.8, 4) is 28.5 Å². The lowest BCUT2D eigenvalue weighted by Gasteiger charge is -2.14. The molecule has 7 heteroatoms. The number of allylic oxidation sites excluding steroid dienone is 1. The van der Waals surface area contributed by atoms with Crippen LogP contribution in [0.25, 0.3) is 136 Å². The van der Waals surface area contributed by atoms with Crippen molar-refractivity contribution in [1.29, 1.82) is 0 Å². The van der Waals surface area contributed by atoms with Gasteiger partial charge in [-0.3, -0.25) is 0 Å². The lowest BCUT2D eigenvalue weighted by Crippen LogP contribution is -2.04. The molecule has 314 valence electrons. The van der Waals surface area contributed by atoms with E-state index in [-0.39, 0.29) is 0 Å². The van der Waals surface area contributed by atoms with Gasteiger partial charge >= 0.3 is 0 Å². The third-order valence-corrected chi connectivity index (χ3v) is 15.8. The Balaban J connectivity index is 1.06. The van der Waals surface area contributed by atoms with Crippen LogP contribution in [0.2, 0.25) is 0 Å². The van der Waals surface area contributed by atoms with Crippen LogP contribution in [-0.2, 0) is 0 Å². The molecule has 0 atom stereocenters. The molecule has 0 aliphatic heterocycles. The summed E-state index contributed by atoms with van der Waals surface area (Å²) in [7, 11) is 0. The van der Waals surface area contributed by atoms with E-state index in [0.29, 0.717) is 23.1 Å². The molecule has 0 radical (unpaired) electrons. The predicted molar refractivity (Wildman–Crippen MR) is 285 cm³/mol. The van der Waals surface area contributed by atoms with Gasteiger partial charge in [0.15, 0.2) is 17.5 Å². The second-order valence-corrected chi connectivity index (χ2v) is 19.2. The van der Waals surface area contributed by atoms with E-state index in [1.165, 1.54) is 57.9 Å². The summed E-state index contributed by atoms with van der Waals surface area (Å²) in [6, 6.07) is 62.7. The Bertz CT molecular complexity index is 4450. The van der Waals surface area contributed by atoms with Crippen LogP contribution >= 0.6 is 22.7 Å². The molecule has 0 saturated carbocycles. The first-order chi connectivity index (χ1) is 33.1. The minimum absolute atomic E-state index is 0.516. The molecule has 67 heavy (non-hydrogen) atoms. The molecule has 0 N–H and O–H groups in total. The van der Waals surface area contributed by atoms with E-state index < -0.39 is 0 Å². The Morgan fingerprint density at radius 1 is 0.537 bits per heavy atom. The minimum Gasteiger partial charge on any atom is -0.455 e. The quantitative estimate of drug-likeness (QED) is 0.167. The molecule has 14 rings (SSSR count). The maximum Gasteiger partial charge on any atom is 0.167 e. The molecular weight excluding hydrogens is 857 g/mol. The van der Waals surface area contributed by atoms with Gasteiger partial charge in [-0.05, 0) is 83.1 Å². The molecule has 5 aromatic heterocycles. The number of furan rings is 1. The van der Waals surface area contributed by atoms with E-state index in [4.69, 9.17) is 25.9 Å². The number of thiophene rings is 2. The van der Waals surface area contributed by atoms with Crippen LogP contribution in [0.15, 0.2) is 193 Å². The van der Waals surface area contributed by atoms with Crippen LogP contribution in [0.1, 0.15) is 23.2 Å². The molecule has 5 heterocycles. The fourth-order valence-electron chi connectivity index (χ4n) is 10.3. The summed E-state index contributed by atoms with van der Waals surface area (Å²) in [5.41, 5.74) is 8.34. The predicted octanol–water partition coefficient (Wildman–Crippen LogP) is 17.2. The molecule has 0 aliphatic carbocycles. The smallest absolute Gasteiger partial charge is 0.167 e. The summed E-state index contributed by atoms with van der Waals surface area (Å²) in [6.07, 6.45) is 4.25. The lowest BCUT2D eigenvalue weighted by molar-refractivity contribution is 0.669. The van der Waals surface area contributed by atoms with E-state index in [1.54, 1.807) is 22.7 Å². The molecular formula is C60H36N4OS2. The summed E-state index contributed by atoms with van der Waals surface area (Å²) in [4.78, 5) is 17.2. The summed E-state index contributed by atoms with van der Waals surface area (Å²) >= 11 is 3.48. The first kappa shape index (κ1) is 38.1. The number of aromatic nitrogens is 4. The third-order valence-electron chi connectivity index (χ3n) is 13.3. The first-order valence-electron chi connectivity index (χ1n) is 22.4. The lowest BCUT2D eigenvalue weighted by atomic mass is 10.0. The number of benzene rings is 9. The van der Waals surface area contributed by atoms with E-state index >= 15 is 0 Å². The molecule has 9 aromatic carbocycles. The van der Waals surface area contributed by atoms with Gasteiger partial charge in [0, 0.05) is 68.0 Å². The van der Waals surface area contributed by atoms with Crippen LogP contribution in [0.4, 0.5) is 0 Å². The molecule has 14 aromatic rings. The fraction of sp³-hybridized carbons (Fsp3) is 0.0167. The van der Waals surface area contributed by atoms with E-state index in [9.17, 15) is 0 Å². The molecule has 0 bridgehead atoms. The summed E-state index contributed by atoms with van der Waals surface area (Å²) in [5.74, 6) is 1.62. The van der Waals surface area contributed by atoms with E-state index in [1.807, 2.05) is 12.1 Å². The molecule has 0 spiro atoms. The van der Waals surface area contributed by atoms with Crippen LogP contribution in [0, 0.1) is 0 Å². The van der Waals surface area contributed by atoms with Gasteiger partial charge in [0.05, 0.1) is 27.7 Å². The average molecular weight is 893 g/mol. The van der Waals surface area contributed by atoms with Gasteiger partial charge in [-0.2, -0.15) is 0 Å². The molecule has 0 unspecified atom stereocenters. The van der Waals surface area contributed by atoms with Crippen molar-refractivity contribution in [2.45, 2.75) is 6.92 Å². The third kappa shape index (κ3) is 5.69. The largest absolute Gasteiger partial charge is 0.455 e. The maximum atomic E-state index is 7.03. The molecule has 0 amide bonds. The van der Waals surface area contributed by atoms with Crippen molar-refractivity contribution in [3.63, 3.8) is 0 Å². The maximum absolute atomic E-state index is 7.03. The van der Waals surface area contributed by atoms with E-state index in [2.05, 4.69) is 187 Å². The van der Waals surface area contributed by atoms with Crippen molar-refractivity contribution < 1.29 is 4.42 Å². The summed E-state index contributed by atoms with van der Waals surface area (Å²) in [5, 5.41) is 12.8. The zero-order valence-electron chi connectivity index (χ0n) is 36.1. The Morgan fingerprint density at radius 2 is 1.21 bits per heavy atom. The van der Waals surface area contributed by atoms with Crippen molar-refractivity contribution in [3.05, 3.63) is 205 Å². The van der Waals surface area contributed by atoms with Crippen LogP contribution in [0.5, 0.6) is 0 Å². The van der Waals surface area contributed by atoms with Gasteiger partial charge < -0.3 is 8.98 Å². The van der Waals surface area contributed by atoms with Crippen LogP contribution < -0.4 is 0 Å². The number of rotatable bonds is 6. The summed E-state index contributed by atoms with van der Waals surface area (Å²) < 4.78 is 13.0. The Labute approximate surface area is 391 Å². The Morgan fingerprint density at radius 3 is 2.03 bits per heavy atom.